The third-order valence-corrected chi connectivity index (χ3v) is 5.59. The van der Waals surface area contributed by atoms with Gasteiger partial charge >= 0.3 is 6.18 Å². The smallest absolute Gasteiger partial charge is 0.324 e. The number of carbonyl (C=O) groups excluding carboxylic acids is 1. The SMILES string of the molecule is Cc1cc(C)c2nc(SCC(=O)Nc3cc(C(F)(F)F)ccc3Cl)cc(C)c2c1. The predicted molar refractivity (Wildman–Crippen MR) is 112 cm³/mol. The van der Waals surface area contributed by atoms with Crippen LogP contribution in [0.3, 0.4) is 0 Å². The molecule has 1 N–H and O–H groups in total. The lowest BCUT2D eigenvalue weighted by atomic mass is 10.0. The van der Waals surface area contributed by atoms with Crippen LogP contribution in [0.4, 0.5) is 18.9 Å². The second kappa shape index (κ2) is 8.24. The van der Waals surface area contributed by atoms with Crippen molar-refractivity contribution in [1.29, 1.82) is 0 Å². The van der Waals surface area contributed by atoms with Crippen LogP contribution in [0.1, 0.15) is 22.3 Å². The van der Waals surface area contributed by atoms with Gasteiger partial charge in [-0.15, -0.1) is 0 Å². The Kier molecular flexibility index (Phi) is 6.10. The zero-order valence-corrected chi connectivity index (χ0v) is 17.5. The van der Waals surface area contributed by atoms with E-state index in [-0.39, 0.29) is 16.5 Å². The number of aromatic nitrogens is 1. The first-order chi connectivity index (χ1) is 13.5. The molecule has 0 saturated heterocycles. The van der Waals surface area contributed by atoms with E-state index < -0.39 is 17.6 Å². The topological polar surface area (TPSA) is 42.0 Å². The number of fused-ring (bicyclic) bond motifs is 1. The van der Waals surface area contributed by atoms with Gasteiger partial charge in [-0.1, -0.05) is 35.0 Å². The molecule has 0 saturated carbocycles. The van der Waals surface area contributed by atoms with Crippen LogP contribution in [-0.4, -0.2) is 16.6 Å². The molecule has 3 aromatic rings. The zero-order valence-electron chi connectivity index (χ0n) is 15.9. The number of halogens is 4. The summed E-state index contributed by atoms with van der Waals surface area (Å²) in [5, 5.41) is 4.22. The quantitative estimate of drug-likeness (QED) is 0.469. The largest absolute Gasteiger partial charge is 0.416 e. The van der Waals surface area contributed by atoms with Crippen LogP contribution in [0, 0.1) is 20.8 Å². The second-order valence-corrected chi connectivity index (χ2v) is 8.19. The molecule has 29 heavy (non-hydrogen) atoms. The van der Waals surface area contributed by atoms with Crippen molar-refractivity contribution in [1.82, 2.24) is 4.98 Å². The molecule has 2 aromatic carbocycles. The molecule has 1 heterocycles. The summed E-state index contributed by atoms with van der Waals surface area (Å²) in [4.78, 5) is 16.9. The number of carbonyl (C=O) groups is 1. The Hall–Kier alpha value is -2.25. The summed E-state index contributed by atoms with van der Waals surface area (Å²) in [7, 11) is 0. The van der Waals surface area contributed by atoms with Gasteiger partial charge in [-0.3, -0.25) is 4.79 Å². The molecule has 0 aliphatic heterocycles. The lowest BCUT2D eigenvalue weighted by Crippen LogP contribution is -2.15. The zero-order chi connectivity index (χ0) is 21.3. The number of nitrogens with one attached hydrogen (secondary N) is 1. The van der Waals surface area contributed by atoms with Gasteiger partial charge in [0.1, 0.15) is 0 Å². The maximum absolute atomic E-state index is 12.9. The third kappa shape index (κ3) is 5.03. The molecule has 1 amide bonds. The average Bonchev–Trinajstić information content (AvgIpc) is 2.62. The summed E-state index contributed by atoms with van der Waals surface area (Å²) in [5.41, 5.74) is 3.18. The predicted octanol–water partition coefficient (Wildman–Crippen LogP) is 6.56. The van der Waals surface area contributed by atoms with Gasteiger partial charge in [0.05, 0.1) is 32.6 Å². The van der Waals surface area contributed by atoms with Crippen molar-refractivity contribution in [2.75, 3.05) is 11.1 Å². The lowest BCUT2D eigenvalue weighted by Gasteiger charge is -2.12. The number of hydrogen-bond acceptors (Lipinski definition) is 3. The Morgan fingerprint density at radius 1 is 1.10 bits per heavy atom. The van der Waals surface area contributed by atoms with Crippen LogP contribution in [-0.2, 0) is 11.0 Å². The average molecular weight is 439 g/mol. The Morgan fingerprint density at radius 2 is 1.83 bits per heavy atom. The molecule has 0 fully saturated rings. The van der Waals surface area contributed by atoms with Gasteiger partial charge in [0, 0.05) is 5.39 Å². The number of alkyl halides is 3. The first-order valence-electron chi connectivity index (χ1n) is 8.72. The van der Waals surface area contributed by atoms with Gasteiger partial charge in [-0.25, -0.2) is 4.98 Å². The monoisotopic (exact) mass is 438 g/mol. The lowest BCUT2D eigenvalue weighted by molar-refractivity contribution is -0.137. The van der Waals surface area contributed by atoms with E-state index in [0.29, 0.717) is 5.03 Å². The molecular formula is C21H18ClF3N2OS. The number of amides is 1. The highest BCUT2D eigenvalue weighted by Crippen LogP contribution is 2.34. The highest BCUT2D eigenvalue weighted by Gasteiger charge is 2.31. The third-order valence-electron chi connectivity index (χ3n) is 4.35. The van der Waals surface area contributed by atoms with E-state index in [1.54, 1.807) is 0 Å². The molecule has 152 valence electrons. The fourth-order valence-electron chi connectivity index (χ4n) is 3.01. The summed E-state index contributed by atoms with van der Waals surface area (Å²) >= 11 is 7.14. The van der Waals surface area contributed by atoms with Crippen molar-refractivity contribution < 1.29 is 18.0 Å². The van der Waals surface area contributed by atoms with Gasteiger partial charge in [-0.05, 0) is 62.2 Å². The van der Waals surface area contributed by atoms with Crippen LogP contribution < -0.4 is 5.32 Å². The number of thioether (sulfide) groups is 1. The molecule has 0 aliphatic rings. The number of anilines is 1. The molecule has 0 atom stereocenters. The highest BCUT2D eigenvalue weighted by molar-refractivity contribution is 7.99. The molecule has 1 aromatic heterocycles. The number of benzene rings is 2. The summed E-state index contributed by atoms with van der Waals surface area (Å²) < 4.78 is 38.6. The summed E-state index contributed by atoms with van der Waals surface area (Å²) in [6.07, 6.45) is -4.51. The van der Waals surface area contributed by atoms with E-state index >= 15 is 0 Å². The molecule has 3 nitrogen and oxygen atoms in total. The van der Waals surface area contributed by atoms with Crippen LogP contribution in [0.15, 0.2) is 41.4 Å². The summed E-state index contributed by atoms with van der Waals surface area (Å²) in [5.74, 6) is -0.466. The minimum absolute atomic E-state index is 0.00453. The van der Waals surface area contributed by atoms with Crippen LogP contribution in [0.2, 0.25) is 5.02 Å². The normalized spacial score (nSPS) is 11.7. The van der Waals surface area contributed by atoms with Gasteiger partial charge in [0.15, 0.2) is 0 Å². The van der Waals surface area contributed by atoms with Crippen LogP contribution >= 0.6 is 23.4 Å². The van der Waals surface area contributed by atoms with Crippen molar-refractivity contribution >= 4 is 45.9 Å². The number of pyridine rings is 1. The maximum atomic E-state index is 12.9. The van der Waals surface area contributed by atoms with E-state index in [2.05, 4.69) is 16.4 Å². The Labute approximate surface area is 175 Å². The van der Waals surface area contributed by atoms with E-state index in [0.717, 1.165) is 45.8 Å². The fourth-order valence-corrected chi connectivity index (χ4v) is 3.94. The van der Waals surface area contributed by atoms with Crippen LogP contribution in [0.25, 0.3) is 10.9 Å². The molecule has 8 heteroatoms. The van der Waals surface area contributed by atoms with Gasteiger partial charge in [0.2, 0.25) is 5.91 Å². The number of aryl methyl sites for hydroxylation is 3. The minimum atomic E-state index is -4.51. The van der Waals surface area contributed by atoms with E-state index in [1.807, 2.05) is 32.9 Å². The molecule has 0 unspecified atom stereocenters. The minimum Gasteiger partial charge on any atom is -0.324 e. The van der Waals surface area contributed by atoms with Crippen molar-refractivity contribution in [3.05, 3.63) is 63.7 Å². The molecule has 3 rings (SSSR count). The second-order valence-electron chi connectivity index (χ2n) is 6.78. The Balaban J connectivity index is 1.75. The maximum Gasteiger partial charge on any atom is 0.416 e. The van der Waals surface area contributed by atoms with E-state index in [4.69, 9.17) is 11.6 Å². The Bertz CT molecular complexity index is 1100. The first-order valence-corrected chi connectivity index (χ1v) is 10.1. The van der Waals surface area contributed by atoms with Gasteiger partial charge < -0.3 is 5.32 Å². The number of nitrogens with zero attached hydrogens (tertiary/aromatic N) is 1. The Morgan fingerprint density at radius 3 is 2.52 bits per heavy atom. The van der Waals surface area contributed by atoms with Crippen molar-refractivity contribution in [3.8, 4) is 0 Å². The standard InChI is InChI=1S/C21H18ClF3N2OS/c1-11-6-13(3)20-15(7-11)12(2)8-19(27-20)29-10-18(28)26-17-9-14(21(23,24)25)4-5-16(17)22/h4-9H,10H2,1-3H3,(H,26,28). The van der Waals surface area contributed by atoms with E-state index in [1.165, 1.54) is 11.8 Å². The number of rotatable bonds is 4. The molecule has 0 radical (unpaired) electrons. The highest BCUT2D eigenvalue weighted by atomic mass is 35.5. The van der Waals surface area contributed by atoms with Crippen molar-refractivity contribution in [2.45, 2.75) is 32.0 Å². The van der Waals surface area contributed by atoms with Gasteiger partial charge in [0.25, 0.3) is 0 Å². The van der Waals surface area contributed by atoms with Gasteiger partial charge in [-0.2, -0.15) is 13.2 Å². The van der Waals surface area contributed by atoms with E-state index in [9.17, 15) is 18.0 Å². The fraction of sp³-hybridized carbons (Fsp3) is 0.238. The van der Waals surface area contributed by atoms with Crippen molar-refractivity contribution in [3.63, 3.8) is 0 Å². The molecule has 0 bridgehead atoms. The summed E-state index contributed by atoms with van der Waals surface area (Å²) in [6, 6.07) is 8.84. The first kappa shape index (κ1) is 21.5. The number of hydrogen-bond donors (Lipinski definition) is 1. The summed E-state index contributed by atoms with van der Waals surface area (Å²) in [6.45, 7) is 5.99. The molecular weight excluding hydrogens is 421 g/mol. The van der Waals surface area contributed by atoms with Crippen LogP contribution in [0.5, 0.6) is 0 Å². The van der Waals surface area contributed by atoms with Crippen molar-refractivity contribution in [2.24, 2.45) is 0 Å². The molecule has 0 aliphatic carbocycles. The molecule has 0 spiro atoms.